The minimum Gasteiger partial charge on any atom is -0.480 e. The summed E-state index contributed by atoms with van der Waals surface area (Å²) in [4.78, 5) is 22.9. The lowest BCUT2D eigenvalue weighted by Gasteiger charge is -2.48. The molecule has 0 saturated carbocycles. The molecule has 0 radical (unpaired) electrons. The zero-order valence-corrected chi connectivity index (χ0v) is 11.3. The lowest BCUT2D eigenvalue weighted by Crippen LogP contribution is -2.62. The Hall–Kier alpha value is -2.15. The van der Waals surface area contributed by atoms with Gasteiger partial charge in [-0.2, -0.15) is 0 Å². The number of carbonyl (C=O) groups is 1. The Labute approximate surface area is 115 Å². The second kappa shape index (κ2) is 5.09. The minimum atomic E-state index is -1.00. The smallest absolute Gasteiger partial charge is 0.329 e. The zero-order chi connectivity index (χ0) is 14.9. The number of carboxylic acid groups (broad SMARTS) is 1. The zero-order valence-electron chi connectivity index (χ0n) is 11.3. The van der Waals surface area contributed by atoms with Crippen LogP contribution in [0.15, 0.2) is 18.2 Å². The van der Waals surface area contributed by atoms with E-state index in [2.05, 4.69) is 0 Å². The Balaban J connectivity index is 2.04. The number of nitro groups is 1. The van der Waals surface area contributed by atoms with Crippen LogP contribution in [0.4, 0.5) is 11.4 Å². The number of nitrogens with zero attached hydrogens (tertiary/aromatic N) is 2. The standard InChI is InChI=1S/C13H16N2O5/c1-9-3-4-10(5-11(9)15(18)19)14-7-13(2,8-14)20-6-12(16)17/h3-5H,6-8H2,1-2H3,(H,16,17). The number of ether oxygens (including phenoxy) is 1. The molecule has 0 unspecified atom stereocenters. The van der Waals surface area contributed by atoms with Crippen LogP contribution in [0.1, 0.15) is 12.5 Å². The summed E-state index contributed by atoms with van der Waals surface area (Å²) in [7, 11) is 0. The predicted molar refractivity (Wildman–Crippen MR) is 72.0 cm³/mol. The van der Waals surface area contributed by atoms with Gasteiger partial charge in [-0.05, 0) is 19.9 Å². The highest BCUT2D eigenvalue weighted by atomic mass is 16.6. The molecule has 1 saturated heterocycles. The van der Waals surface area contributed by atoms with Crippen molar-refractivity contribution in [2.45, 2.75) is 19.4 Å². The number of nitro benzene ring substituents is 1. The molecule has 1 aliphatic heterocycles. The van der Waals surface area contributed by atoms with E-state index in [1.54, 1.807) is 13.0 Å². The van der Waals surface area contributed by atoms with E-state index in [1.165, 1.54) is 6.07 Å². The molecule has 1 heterocycles. The number of aliphatic carboxylic acids is 1. The van der Waals surface area contributed by atoms with E-state index in [0.717, 1.165) is 5.69 Å². The Morgan fingerprint density at radius 3 is 2.75 bits per heavy atom. The topological polar surface area (TPSA) is 92.9 Å². The molecule has 1 fully saturated rings. The van der Waals surface area contributed by atoms with Crippen LogP contribution < -0.4 is 4.90 Å². The lowest BCUT2D eigenvalue weighted by atomic mass is 9.95. The molecule has 108 valence electrons. The molecule has 0 bridgehead atoms. The molecule has 0 aliphatic carbocycles. The van der Waals surface area contributed by atoms with Gasteiger partial charge in [0.25, 0.3) is 5.69 Å². The molecule has 2 rings (SSSR count). The van der Waals surface area contributed by atoms with Crippen LogP contribution in [-0.4, -0.2) is 41.3 Å². The van der Waals surface area contributed by atoms with E-state index in [0.29, 0.717) is 18.7 Å². The Morgan fingerprint density at radius 2 is 2.20 bits per heavy atom. The fourth-order valence-electron chi connectivity index (χ4n) is 2.26. The number of aryl methyl sites for hydroxylation is 1. The summed E-state index contributed by atoms with van der Waals surface area (Å²) in [5.74, 6) is -1.00. The Morgan fingerprint density at radius 1 is 1.55 bits per heavy atom. The first-order valence-electron chi connectivity index (χ1n) is 6.16. The molecule has 1 aromatic carbocycles. The van der Waals surface area contributed by atoms with Crippen molar-refractivity contribution >= 4 is 17.3 Å². The van der Waals surface area contributed by atoms with Crippen molar-refractivity contribution in [1.82, 2.24) is 0 Å². The third-order valence-electron chi connectivity index (χ3n) is 3.35. The van der Waals surface area contributed by atoms with Crippen LogP contribution in [-0.2, 0) is 9.53 Å². The van der Waals surface area contributed by atoms with E-state index in [9.17, 15) is 14.9 Å². The number of hydrogen-bond donors (Lipinski definition) is 1. The molecule has 1 aliphatic rings. The third-order valence-corrected chi connectivity index (χ3v) is 3.35. The van der Waals surface area contributed by atoms with Gasteiger partial charge in [0.05, 0.1) is 4.92 Å². The van der Waals surface area contributed by atoms with Gasteiger partial charge in [-0.15, -0.1) is 0 Å². The van der Waals surface area contributed by atoms with Crippen LogP contribution in [0.3, 0.4) is 0 Å². The first-order chi connectivity index (χ1) is 9.31. The molecular formula is C13H16N2O5. The largest absolute Gasteiger partial charge is 0.480 e. The van der Waals surface area contributed by atoms with E-state index in [-0.39, 0.29) is 12.3 Å². The van der Waals surface area contributed by atoms with Gasteiger partial charge >= 0.3 is 5.97 Å². The van der Waals surface area contributed by atoms with Crippen molar-refractivity contribution < 1.29 is 19.6 Å². The van der Waals surface area contributed by atoms with Crippen LogP contribution in [0, 0.1) is 17.0 Å². The van der Waals surface area contributed by atoms with Gasteiger partial charge in [0.15, 0.2) is 0 Å². The molecule has 1 N–H and O–H groups in total. The second-order valence-electron chi connectivity index (χ2n) is 5.22. The highest BCUT2D eigenvalue weighted by Gasteiger charge is 2.40. The van der Waals surface area contributed by atoms with E-state index < -0.39 is 16.5 Å². The second-order valence-corrected chi connectivity index (χ2v) is 5.22. The van der Waals surface area contributed by atoms with Crippen molar-refractivity contribution in [3.8, 4) is 0 Å². The summed E-state index contributed by atoms with van der Waals surface area (Å²) in [6.07, 6.45) is 0. The maximum Gasteiger partial charge on any atom is 0.329 e. The van der Waals surface area contributed by atoms with E-state index in [1.807, 2.05) is 17.9 Å². The van der Waals surface area contributed by atoms with Gasteiger partial charge in [0.1, 0.15) is 12.2 Å². The van der Waals surface area contributed by atoms with Crippen LogP contribution in [0.2, 0.25) is 0 Å². The highest BCUT2D eigenvalue weighted by Crippen LogP contribution is 2.33. The average Bonchev–Trinajstić information content (AvgIpc) is 2.33. The van der Waals surface area contributed by atoms with Crippen LogP contribution in [0.25, 0.3) is 0 Å². The SMILES string of the molecule is Cc1ccc(N2CC(C)(OCC(=O)O)C2)cc1[N+](=O)[O-]. The first kappa shape index (κ1) is 14.3. The summed E-state index contributed by atoms with van der Waals surface area (Å²) in [6.45, 7) is 4.21. The lowest BCUT2D eigenvalue weighted by molar-refractivity contribution is -0.385. The molecule has 0 amide bonds. The van der Waals surface area contributed by atoms with Gasteiger partial charge < -0.3 is 14.7 Å². The summed E-state index contributed by atoms with van der Waals surface area (Å²) in [6, 6.07) is 5.06. The van der Waals surface area contributed by atoms with Gasteiger partial charge in [0.2, 0.25) is 0 Å². The molecule has 0 atom stereocenters. The van der Waals surface area contributed by atoms with Crippen LogP contribution in [0.5, 0.6) is 0 Å². The third kappa shape index (κ3) is 2.88. The summed E-state index contributed by atoms with van der Waals surface area (Å²) >= 11 is 0. The van der Waals surface area contributed by atoms with E-state index >= 15 is 0 Å². The Bertz CT molecular complexity index is 552. The van der Waals surface area contributed by atoms with Crippen molar-refractivity contribution in [2.75, 3.05) is 24.6 Å². The molecule has 7 nitrogen and oxygen atoms in total. The van der Waals surface area contributed by atoms with Gasteiger partial charge in [-0.3, -0.25) is 10.1 Å². The van der Waals surface area contributed by atoms with Crippen molar-refractivity contribution in [3.63, 3.8) is 0 Å². The number of benzene rings is 1. The van der Waals surface area contributed by atoms with Gasteiger partial charge in [-0.25, -0.2) is 4.79 Å². The Kier molecular flexibility index (Phi) is 3.63. The molecule has 7 heteroatoms. The normalized spacial score (nSPS) is 16.6. The van der Waals surface area contributed by atoms with Crippen LogP contribution >= 0.6 is 0 Å². The first-order valence-corrected chi connectivity index (χ1v) is 6.16. The summed E-state index contributed by atoms with van der Waals surface area (Å²) in [5, 5.41) is 19.5. The average molecular weight is 280 g/mol. The summed E-state index contributed by atoms with van der Waals surface area (Å²) in [5.41, 5.74) is 0.934. The molecule has 20 heavy (non-hydrogen) atoms. The minimum absolute atomic E-state index is 0.0857. The quantitative estimate of drug-likeness (QED) is 0.650. The van der Waals surface area contributed by atoms with Gasteiger partial charge in [-0.1, -0.05) is 6.07 Å². The molecular weight excluding hydrogens is 264 g/mol. The molecule has 0 spiro atoms. The van der Waals surface area contributed by atoms with Crippen molar-refractivity contribution in [1.29, 1.82) is 0 Å². The van der Waals surface area contributed by atoms with E-state index in [4.69, 9.17) is 9.84 Å². The fraction of sp³-hybridized carbons (Fsp3) is 0.462. The monoisotopic (exact) mass is 280 g/mol. The predicted octanol–water partition coefficient (Wildman–Crippen LogP) is 1.58. The maximum atomic E-state index is 10.9. The van der Waals surface area contributed by atoms with Crippen molar-refractivity contribution in [2.24, 2.45) is 0 Å². The number of rotatable bonds is 5. The highest BCUT2D eigenvalue weighted by molar-refractivity contribution is 5.68. The number of anilines is 1. The fourth-order valence-corrected chi connectivity index (χ4v) is 2.26. The van der Waals surface area contributed by atoms with Crippen molar-refractivity contribution in [3.05, 3.63) is 33.9 Å². The number of carboxylic acids is 1. The molecule has 1 aromatic rings. The molecule has 0 aromatic heterocycles. The number of hydrogen-bond acceptors (Lipinski definition) is 5. The summed E-state index contributed by atoms with van der Waals surface area (Å²) < 4.78 is 5.30. The van der Waals surface area contributed by atoms with Gasteiger partial charge in [0, 0.05) is 30.4 Å². The maximum absolute atomic E-state index is 10.9.